The van der Waals surface area contributed by atoms with Crippen LogP contribution in [0.15, 0.2) is 23.2 Å². The van der Waals surface area contributed by atoms with Gasteiger partial charge in [-0.15, -0.1) is 0 Å². The van der Waals surface area contributed by atoms with E-state index in [9.17, 15) is 4.79 Å². The molecule has 0 aromatic carbocycles. The first-order chi connectivity index (χ1) is 10.7. The van der Waals surface area contributed by atoms with Crippen LogP contribution in [-0.4, -0.2) is 27.5 Å². The van der Waals surface area contributed by atoms with Crippen LogP contribution in [0.2, 0.25) is 0 Å². The lowest BCUT2D eigenvalue weighted by molar-refractivity contribution is 0.00940. The van der Waals surface area contributed by atoms with Gasteiger partial charge in [-0.2, -0.15) is 0 Å². The van der Waals surface area contributed by atoms with Crippen molar-refractivity contribution < 1.29 is 13.9 Å². The highest BCUT2D eigenvalue weighted by molar-refractivity contribution is 5.92. The highest BCUT2D eigenvalue weighted by Crippen LogP contribution is 2.24. The molecule has 116 valence electrons. The summed E-state index contributed by atoms with van der Waals surface area (Å²) < 4.78 is 10.7. The van der Waals surface area contributed by atoms with E-state index >= 15 is 0 Å². The third-order valence-corrected chi connectivity index (χ3v) is 3.60. The molecule has 1 aliphatic rings. The summed E-state index contributed by atoms with van der Waals surface area (Å²) in [6, 6.07) is 0. The molecule has 0 saturated carbocycles. The van der Waals surface area contributed by atoms with Crippen molar-refractivity contribution in [1.29, 1.82) is 0 Å². The van der Waals surface area contributed by atoms with Crippen molar-refractivity contribution >= 4 is 5.91 Å². The fourth-order valence-electron chi connectivity index (χ4n) is 2.35. The molecule has 0 spiro atoms. The quantitative estimate of drug-likeness (QED) is 0.928. The molecule has 1 atom stereocenters. The summed E-state index contributed by atoms with van der Waals surface area (Å²) in [4.78, 5) is 24.5. The molecule has 0 bridgehead atoms. The van der Waals surface area contributed by atoms with Crippen molar-refractivity contribution in [2.24, 2.45) is 0 Å². The Hall–Kier alpha value is -2.28. The number of amides is 1. The van der Waals surface area contributed by atoms with Crippen molar-refractivity contribution in [2.45, 2.75) is 38.8 Å². The number of ether oxygens (including phenoxy) is 1. The van der Waals surface area contributed by atoms with E-state index in [0.29, 0.717) is 18.1 Å². The molecule has 1 aliphatic heterocycles. The summed E-state index contributed by atoms with van der Waals surface area (Å²) in [5, 5.41) is 2.76. The Labute approximate surface area is 128 Å². The first-order valence-electron chi connectivity index (χ1n) is 7.35. The predicted molar refractivity (Wildman–Crippen MR) is 77.0 cm³/mol. The molecule has 1 fully saturated rings. The Morgan fingerprint density at radius 3 is 2.77 bits per heavy atom. The summed E-state index contributed by atoms with van der Waals surface area (Å²) in [6.45, 7) is 2.83. The molecule has 2 aromatic rings. The Morgan fingerprint density at radius 1 is 1.32 bits per heavy atom. The van der Waals surface area contributed by atoms with Gasteiger partial charge in [0, 0.05) is 31.1 Å². The van der Waals surface area contributed by atoms with Gasteiger partial charge in [-0.25, -0.2) is 15.0 Å². The number of rotatable bonds is 4. The number of oxazole rings is 1. The van der Waals surface area contributed by atoms with Gasteiger partial charge in [0.15, 0.2) is 12.2 Å². The van der Waals surface area contributed by atoms with Crippen LogP contribution in [0.1, 0.15) is 53.0 Å². The van der Waals surface area contributed by atoms with Crippen molar-refractivity contribution in [1.82, 2.24) is 20.3 Å². The number of nitrogens with zero attached hydrogens (tertiary/aromatic N) is 3. The van der Waals surface area contributed by atoms with Crippen LogP contribution in [-0.2, 0) is 11.3 Å². The normalized spacial score (nSPS) is 18.1. The molecule has 22 heavy (non-hydrogen) atoms. The average molecular weight is 302 g/mol. The van der Waals surface area contributed by atoms with Gasteiger partial charge >= 0.3 is 0 Å². The Bertz CT molecular complexity index is 632. The minimum atomic E-state index is -0.297. The van der Waals surface area contributed by atoms with Crippen LogP contribution in [0.5, 0.6) is 0 Å². The van der Waals surface area contributed by atoms with Crippen molar-refractivity contribution in [2.75, 3.05) is 6.61 Å². The Kier molecular flexibility index (Phi) is 4.43. The van der Waals surface area contributed by atoms with Gasteiger partial charge in [0.2, 0.25) is 5.76 Å². The number of hydrogen-bond donors (Lipinski definition) is 1. The molecule has 3 rings (SSSR count). The van der Waals surface area contributed by atoms with Gasteiger partial charge in [0.1, 0.15) is 6.10 Å². The van der Waals surface area contributed by atoms with E-state index in [4.69, 9.17) is 9.15 Å². The maximum Gasteiger partial charge on any atom is 0.289 e. The zero-order valence-electron chi connectivity index (χ0n) is 12.4. The fourth-order valence-corrected chi connectivity index (χ4v) is 2.35. The SMILES string of the molecule is Cc1ncoc1C(=O)NCc1cnc([C@@H]2CCCCO2)nc1. The second-order valence-electron chi connectivity index (χ2n) is 5.25. The zero-order chi connectivity index (χ0) is 15.4. The van der Waals surface area contributed by atoms with Crippen LogP contribution in [0.3, 0.4) is 0 Å². The lowest BCUT2D eigenvalue weighted by atomic mass is 10.1. The Balaban J connectivity index is 1.57. The van der Waals surface area contributed by atoms with Gasteiger partial charge in [0.25, 0.3) is 5.91 Å². The smallest absolute Gasteiger partial charge is 0.289 e. The van der Waals surface area contributed by atoms with Crippen LogP contribution >= 0.6 is 0 Å². The number of carbonyl (C=O) groups is 1. The highest BCUT2D eigenvalue weighted by Gasteiger charge is 2.18. The number of hydrogen-bond acceptors (Lipinski definition) is 6. The molecular formula is C15H18N4O3. The fraction of sp³-hybridized carbons (Fsp3) is 0.467. The first kappa shape index (κ1) is 14.6. The van der Waals surface area contributed by atoms with Gasteiger partial charge in [-0.1, -0.05) is 0 Å². The van der Waals surface area contributed by atoms with E-state index in [1.54, 1.807) is 19.3 Å². The summed E-state index contributed by atoms with van der Waals surface area (Å²) in [6.07, 6.45) is 7.88. The second kappa shape index (κ2) is 6.65. The summed E-state index contributed by atoms with van der Waals surface area (Å²) >= 11 is 0. The summed E-state index contributed by atoms with van der Waals surface area (Å²) in [7, 11) is 0. The van der Waals surface area contributed by atoms with E-state index in [1.807, 2.05) is 0 Å². The lowest BCUT2D eigenvalue weighted by Crippen LogP contribution is -2.23. The van der Waals surface area contributed by atoms with Crippen LogP contribution in [0, 0.1) is 6.92 Å². The third kappa shape index (κ3) is 3.30. The third-order valence-electron chi connectivity index (χ3n) is 3.60. The predicted octanol–water partition coefficient (Wildman–Crippen LogP) is 1.94. The first-order valence-corrected chi connectivity index (χ1v) is 7.35. The van der Waals surface area contributed by atoms with Gasteiger partial charge in [-0.05, 0) is 26.2 Å². The molecule has 0 unspecified atom stereocenters. The lowest BCUT2D eigenvalue weighted by Gasteiger charge is -2.21. The van der Waals surface area contributed by atoms with E-state index < -0.39 is 0 Å². The molecule has 7 nitrogen and oxygen atoms in total. The van der Waals surface area contributed by atoms with Crippen molar-refractivity contribution in [3.8, 4) is 0 Å². The molecule has 0 aliphatic carbocycles. The molecular weight excluding hydrogens is 284 g/mol. The standard InChI is InChI=1S/C15H18N4O3/c1-10-13(22-9-19-10)15(20)18-8-11-6-16-14(17-7-11)12-4-2-3-5-21-12/h6-7,9,12H,2-5,8H2,1H3,(H,18,20)/t12-/m0/s1. The summed E-state index contributed by atoms with van der Waals surface area (Å²) in [5.74, 6) is 0.642. The maximum atomic E-state index is 11.9. The molecule has 2 aromatic heterocycles. The molecule has 1 N–H and O–H groups in total. The van der Waals surface area contributed by atoms with E-state index in [0.717, 1.165) is 31.4 Å². The molecule has 1 saturated heterocycles. The molecule has 7 heteroatoms. The number of aryl methyl sites for hydroxylation is 1. The number of carbonyl (C=O) groups excluding carboxylic acids is 1. The average Bonchev–Trinajstić information content (AvgIpc) is 3.00. The van der Waals surface area contributed by atoms with E-state index in [1.165, 1.54) is 6.39 Å². The Morgan fingerprint density at radius 2 is 2.14 bits per heavy atom. The molecule has 3 heterocycles. The topological polar surface area (TPSA) is 90.1 Å². The second-order valence-corrected chi connectivity index (χ2v) is 5.25. The van der Waals surface area contributed by atoms with E-state index in [2.05, 4.69) is 20.3 Å². The number of aromatic nitrogens is 3. The molecule has 0 radical (unpaired) electrons. The minimum absolute atomic E-state index is 0.00534. The summed E-state index contributed by atoms with van der Waals surface area (Å²) in [5.41, 5.74) is 1.39. The van der Waals surface area contributed by atoms with Gasteiger partial charge in [0.05, 0.1) is 5.69 Å². The zero-order valence-corrected chi connectivity index (χ0v) is 12.4. The monoisotopic (exact) mass is 302 g/mol. The minimum Gasteiger partial charge on any atom is -0.438 e. The van der Waals surface area contributed by atoms with Crippen LogP contribution in [0.4, 0.5) is 0 Å². The van der Waals surface area contributed by atoms with Gasteiger partial charge in [-0.3, -0.25) is 4.79 Å². The highest BCUT2D eigenvalue weighted by atomic mass is 16.5. The maximum absolute atomic E-state index is 11.9. The molecule has 1 amide bonds. The largest absolute Gasteiger partial charge is 0.438 e. The van der Waals surface area contributed by atoms with Crippen molar-refractivity contribution in [3.05, 3.63) is 41.6 Å². The van der Waals surface area contributed by atoms with Crippen LogP contribution < -0.4 is 5.32 Å². The van der Waals surface area contributed by atoms with Crippen molar-refractivity contribution in [3.63, 3.8) is 0 Å². The van der Waals surface area contributed by atoms with E-state index in [-0.39, 0.29) is 17.8 Å². The number of nitrogens with one attached hydrogen (secondary N) is 1. The van der Waals surface area contributed by atoms with Gasteiger partial charge < -0.3 is 14.5 Å². The van der Waals surface area contributed by atoms with Crippen LogP contribution in [0.25, 0.3) is 0 Å².